The summed E-state index contributed by atoms with van der Waals surface area (Å²) >= 11 is 0. The molecule has 1 aliphatic rings. The Morgan fingerprint density at radius 1 is 1.16 bits per heavy atom. The number of nitrogens with zero attached hydrogens (tertiary/aromatic N) is 3. The van der Waals surface area contributed by atoms with Crippen LogP contribution in [0.1, 0.15) is 36.2 Å². The van der Waals surface area contributed by atoms with E-state index in [9.17, 15) is 18.0 Å². The maximum atomic E-state index is 13.3. The van der Waals surface area contributed by atoms with Gasteiger partial charge >= 0.3 is 6.18 Å². The summed E-state index contributed by atoms with van der Waals surface area (Å²) in [5.74, 6) is 0.618. The molecule has 1 unspecified atom stereocenters. The van der Waals surface area contributed by atoms with Crippen molar-refractivity contribution in [3.8, 4) is 17.2 Å². The monoisotopic (exact) mass is 431 g/mol. The van der Waals surface area contributed by atoms with Crippen LogP contribution >= 0.6 is 0 Å². The summed E-state index contributed by atoms with van der Waals surface area (Å²) in [6.07, 6.45) is -4.37. The second-order valence-corrected chi connectivity index (χ2v) is 7.22. The van der Waals surface area contributed by atoms with Gasteiger partial charge in [0.15, 0.2) is 5.82 Å². The van der Waals surface area contributed by atoms with Gasteiger partial charge in [0.05, 0.1) is 17.7 Å². The number of carbonyl (C=O) groups is 1. The molecule has 1 aromatic heterocycles. The number of ether oxygens (including phenoxy) is 1. The third kappa shape index (κ3) is 4.40. The van der Waals surface area contributed by atoms with E-state index in [1.165, 1.54) is 23.1 Å². The Labute approximate surface area is 176 Å². The highest BCUT2D eigenvalue weighted by molar-refractivity contribution is 5.79. The largest absolute Gasteiger partial charge is 0.493 e. The average molecular weight is 431 g/mol. The lowest BCUT2D eigenvalue weighted by molar-refractivity contribution is -0.139. The van der Waals surface area contributed by atoms with Crippen LogP contribution in [0.15, 0.2) is 53.1 Å². The molecular weight excluding hydrogens is 411 g/mol. The first kappa shape index (κ1) is 20.9. The van der Waals surface area contributed by atoms with E-state index in [1.807, 2.05) is 19.1 Å². The zero-order valence-corrected chi connectivity index (χ0v) is 16.7. The summed E-state index contributed by atoms with van der Waals surface area (Å²) in [5.41, 5.74) is -0.0348. The first-order valence-electron chi connectivity index (χ1n) is 9.85. The fourth-order valence-corrected chi connectivity index (χ4v) is 3.67. The number of amides is 1. The normalized spacial score (nSPS) is 16.7. The van der Waals surface area contributed by atoms with Crippen molar-refractivity contribution in [2.75, 3.05) is 13.2 Å². The minimum Gasteiger partial charge on any atom is -0.493 e. The van der Waals surface area contributed by atoms with Gasteiger partial charge in [-0.25, -0.2) is 0 Å². The Bertz CT molecular complexity index is 1080. The molecule has 0 radical (unpaired) electrons. The fraction of sp³-hybridized carbons (Fsp3) is 0.318. The predicted molar refractivity (Wildman–Crippen MR) is 105 cm³/mol. The quantitative estimate of drug-likeness (QED) is 0.567. The highest BCUT2D eigenvalue weighted by atomic mass is 19.4. The lowest BCUT2D eigenvalue weighted by Gasteiger charge is -2.19. The minimum absolute atomic E-state index is 0.0587. The zero-order chi connectivity index (χ0) is 22.0. The number of halogens is 3. The van der Waals surface area contributed by atoms with Crippen molar-refractivity contribution in [1.29, 1.82) is 0 Å². The third-order valence-corrected chi connectivity index (χ3v) is 5.12. The van der Waals surface area contributed by atoms with Crippen LogP contribution in [-0.4, -0.2) is 34.1 Å². The van der Waals surface area contributed by atoms with Gasteiger partial charge in [-0.15, -0.1) is 0 Å². The van der Waals surface area contributed by atoms with E-state index in [0.717, 1.165) is 6.07 Å². The third-order valence-electron chi connectivity index (χ3n) is 5.12. The van der Waals surface area contributed by atoms with Crippen LogP contribution < -0.4 is 4.74 Å². The predicted octanol–water partition coefficient (Wildman–Crippen LogP) is 4.67. The van der Waals surface area contributed by atoms with Crippen LogP contribution in [0.2, 0.25) is 0 Å². The van der Waals surface area contributed by atoms with Gasteiger partial charge in [-0.1, -0.05) is 35.5 Å². The van der Waals surface area contributed by atoms with Crippen molar-refractivity contribution in [3.05, 3.63) is 65.5 Å². The molecule has 4 rings (SSSR count). The molecule has 0 N–H and O–H groups in total. The topological polar surface area (TPSA) is 68.5 Å². The minimum atomic E-state index is -4.48. The van der Waals surface area contributed by atoms with Crippen LogP contribution in [0.3, 0.4) is 0 Å². The molecule has 1 aliphatic heterocycles. The van der Waals surface area contributed by atoms with E-state index in [1.54, 1.807) is 12.1 Å². The molecule has 31 heavy (non-hydrogen) atoms. The second-order valence-electron chi connectivity index (χ2n) is 7.22. The molecule has 0 aliphatic carbocycles. The maximum absolute atomic E-state index is 13.3. The smallest absolute Gasteiger partial charge is 0.416 e. The molecule has 1 atom stereocenters. The number of hydrogen-bond donors (Lipinski definition) is 0. The Morgan fingerprint density at radius 3 is 2.68 bits per heavy atom. The van der Waals surface area contributed by atoms with Gasteiger partial charge in [0.1, 0.15) is 5.75 Å². The summed E-state index contributed by atoms with van der Waals surface area (Å²) in [5, 5.41) is 4.01. The fourth-order valence-electron chi connectivity index (χ4n) is 3.67. The molecule has 9 heteroatoms. The van der Waals surface area contributed by atoms with Crippen molar-refractivity contribution in [2.24, 2.45) is 0 Å². The Morgan fingerprint density at radius 2 is 1.90 bits per heavy atom. The standard InChI is InChI=1S/C22H20F3N3O3/c1-2-30-18-10-6-4-8-16(18)21-26-20(27-31-21)15-11-19(29)28(13-15)12-14-7-3-5-9-17(14)22(23,24)25/h3-10,15H,2,11-13H2,1H3. The molecule has 0 spiro atoms. The van der Waals surface area contributed by atoms with Crippen molar-refractivity contribution >= 4 is 5.91 Å². The Balaban J connectivity index is 1.52. The van der Waals surface area contributed by atoms with E-state index in [4.69, 9.17) is 9.26 Å². The van der Waals surface area contributed by atoms with E-state index < -0.39 is 11.7 Å². The highest BCUT2D eigenvalue weighted by Gasteiger charge is 2.37. The molecule has 0 saturated carbocycles. The SMILES string of the molecule is CCOc1ccccc1-c1nc(C2CC(=O)N(Cc3ccccc3C(F)(F)F)C2)no1. The summed E-state index contributed by atoms with van der Waals surface area (Å²) in [6.45, 7) is 2.44. The molecule has 1 saturated heterocycles. The average Bonchev–Trinajstić information content (AvgIpc) is 3.36. The Hall–Kier alpha value is -3.36. The van der Waals surface area contributed by atoms with Crippen molar-refractivity contribution in [1.82, 2.24) is 15.0 Å². The molecule has 2 aromatic carbocycles. The summed E-state index contributed by atoms with van der Waals surface area (Å²) in [6, 6.07) is 12.5. The molecule has 2 heterocycles. The van der Waals surface area contributed by atoms with Crippen molar-refractivity contribution < 1.29 is 27.2 Å². The number of alkyl halides is 3. The first-order valence-corrected chi connectivity index (χ1v) is 9.85. The molecule has 0 bridgehead atoms. The lowest BCUT2D eigenvalue weighted by atomic mass is 10.1. The van der Waals surface area contributed by atoms with Gasteiger partial charge in [-0.3, -0.25) is 4.79 Å². The number of rotatable bonds is 6. The van der Waals surface area contributed by atoms with E-state index >= 15 is 0 Å². The number of para-hydroxylation sites is 1. The van der Waals surface area contributed by atoms with Gasteiger partial charge in [-0.05, 0) is 30.7 Å². The number of hydrogen-bond acceptors (Lipinski definition) is 5. The van der Waals surface area contributed by atoms with Crippen LogP contribution in [-0.2, 0) is 17.5 Å². The first-order chi connectivity index (χ1) is 14.9. The number of likely N-dealkylation sites (tertiary alicyclic amines) is 1. The summed E-state index contributed by atoms with van der Waals surface area (Å²) < 4.78 is 50.8. The van der Waals surface area contributed by atoms with Gasteiger partial charge in [-0.2, -0.15) is 18.2 Å². The maximum Gasteiger partial charge on any atom is 0.416 e. The highest BCUT2D eigenvalue weighted by Crippen LogP contribution is 2.35. The van der Waals surface area contributed by atoms with E-state index in [0.29, 0.717) is 23.7 Å². The van der Waals surface area contributed by atoms with Crippen LogP contribution in [0.25, 0.3) is 11.5 Å². The van der Waals surface area contributed by atoms with Gasteiger partial charge < -0.3 is 14.2 Å². The summed E-state index contributed by atoms with van der Waals surface area (Å²) in [7, 11) is 0. The van der Waals surface area contributed by atoms with Crippen molar-refractivity contribution in [2.45, 2.75) is 32.0 Å². The van der Waals surface area contributed by atoms with Crippen LogP contribution in [0, 0.1) is 0 Å². The molecule has 1 amide bonds. The molecular formula is C22H20F3N3O3. The number of benzene rings is 2. The van der Waals surface area contributed by atoms with Gasteiger partial charge in [0.2, 0.25) is 5.91 Å². The number of carbonyl (C=O) groups excluding carboxylic acids is 1. The van der Waals surface area contributed by atoms with Gasteiger partial charge in [0.25, 0.3) is 5.89 Å². The van der Waals surface area contributed by atoms with Crippen LogP contribution in [0.4, 0.5) is 13.2 Å². The second kappa shape index (κ2) is 8.41. The van der Waals surface area contributed by atoms with Crippen LogP contribution in [0.5, 0.6) is 5.75 Å². The molecule has 3 aromatic rings. The van der Waals surface area contributed by atoms with Gasteiger partial charge in [0, 0.05) is 25.4 Å². The molecule has 6 nitrogen and oxygen atoms in total. The van der Waals surface area contributed by atoms with E-state index in [-0.39, 0.29) is 42.8 Å². The van der Waals surface area contributed by atoms with Crippen molar-refractivity contribution in [3.63, 3.8) is 0 Å². The Kier molecular flexibility index (Phi) is 5.67. The zero-order valence-electron chi connectivity index (χ0n) is 16.7. The molecule has 1 fully saturated rings. The lowest BCUT2D eigenvalue weighted by Crippen LogP contribution is -2.26. The number of aromatic nitrogens is 2. The molecule has 162 valence electrons. The summed E-state index contributed by atoms with van der Waals surface area (Å²) in [4.78, 5) is 18.3. The van der Waals surface area contributed by atoms with E-state index in [2.05, 4.69) is 10.1 Å².